The van der Waals surface area contributed by atoms with Gasteiger partial charge in [-0.3, -0.25) is 9.78 Å². The van der Waals surface area contributed by atoms with Crippen molar-refractivity contribution in [3.8, 4) is 11.5 Å². The number of likely N-dealkylation sites (N-methyl/N-ethyl adjacent to an activating group) is 1. The summed E-state index contributed by atoms with van der Waals surface area (Å²) in [4.78, 5) is 19.1. The third-order valence-corrected chi connectivity index (χ3v) is 8.79. The Morgan fingerprint density at radius 2 is 1.80 bits per heavy atom. The molecule has 1 saturated carbocycles. The fourth-order valence-corrected chi connectivity index (χ4v) is 5.80. The van der Waals surface area contributed by atoms with Crippen LogP contribution in [0.5, 0.6) is 11.5 Å². The molecule has 0 spiro atoms. The van der Waals surface area contributed by atoms with Crippen LogP contribution in [-0.4, -0.2) is 80.6 Å². The molecule has 2 fully saturated rings. The second-order valence-corrected chi connectivity index (χ2v) is 11.7. The Morgan fingerprint density at radius 3 is 2.37 bits per heavy atom. The predicted molar refractivity (Wildman–Crippen MR) is 144 cm³/mol. The van der Waals surface area contributed by atoms with Crippen LogP contribution in [0.4, 0.5) is 13.2 Å². The Kier molecular flexibility index (Phi) is 9.77. The fourth-order valence-electron chi connectivity index (χ4n) is 4.68. The highest BCUT2D eigenvalue weighted by Gasteiger charge is 2.37. The molecule has 0 radical (unpaired) electrons. The molecule has 14 heteroatoms. The number of halogens is 3. The van der Waals surface area contributed by atoms with Gasteiger partial charge in [0, 0.05) is 51.7 Å². The Labute approximate surface area is 238 Å². The van der Waals surface area contributed by atoms with Crippen molar-refractivity contribution >= 4 is 16.1 Å². The number of ether oxygens (including phenoxy) is 3. The van der Waals surface area contributed by atoms with E-state index in [9.17, 15) is 26.4 Å². The molecule has 2 aromatic rings. The van der Waals surface area contributed by atoms with E-state index in [1.54, 1.807) is 26.2 Å². The van der Waals surface area contributed by atoms with Gasteiger partial charge in [0.2, 0.25) is 0 Å². The van der Waals surface area contributed by atoms with Crippen LogP contribution in [0.2, 0.25) is 0 Å². The highest BCUT2D eigenvalue weighted by atomic mass is 32.2. The molecule has 1 aromatic carbocycles. The van der Waals surface area contributed by atoms with Crippen LogP contribution in [-0.2, 0) is 21.1 Å². The van der Waals surface area contributed by atoms with E-state index in [0.29, 0.717) is 37.0 Å². The summed E-state index contributed by atoms with van der Waals surface area (Å²) in [6, 6.07) is 6.05. The van der Waals surface area contributed by atoms with Gasteiger partial charge in [0.25, 0.3) is 5.91 Å². The summed E-state index contributed by atoms with van der Waals surface area (Å²) < 4.78 is 87.3. The molecule has 1 atom stereocenters. The first-order valence-corrected chi connectivity index (χ1v) is 14.9. The zero-order chi connectivity index (χ0) is 29.8. The molecule has 0 unspecified atom stereocenters. The van der Waals surface area contributed by atoms with Crippen molar-refractivity contribution in [2.45, 2.75) is 57.6 Å². The standard InChI is InChI=1S/C27H35F3N4O6S/c1-4-24(23-8-7-19(17-31-23)39-21-15-20(16-21)38-3)40-25-9-6-18(14-22(25)27(28,29)30)26(35)32-41(36,37)34-12-10-33(5-2)11-13-34/h6-9,14,17,20-21,24H,4-5,10-13,15-16H2,1-3H3,(H,32,35)/t20?,21?,24-/m1/s1. The van der Waals surface area contributed by atoms with E-state index < -0.39 is 45.3 Å². The lowest BCUT2D eigenvalue weighted by Gasteiger charge is -2.34. The van der Waals surface area contributed by atoms with Gasteiger partial charge in [-0.15, -0.1) is 0 Å². The maximum atomic E-state index is 14.0. The van der Waals surface area contributed by atoms with Crippen molar-refractivity contribution in [3.63, 3.8) is 0 Å². The summed E-state index contributed by atoms with van der Waals surface area (Å²) in [5, 5.41) is 0. The first kappa shape index (κ1) is 31.0. The molecule has 2 aliphatic rings. The van der Waals surface area contributed by atoms with Gasteiger partial charge in [-0.2, -0.15) is 25.9 Å². The number of benzene rings is 1. The summed E-state index contributed by atoms with van der Waals surface area (Å²) in [5.74, 6) is -1.12. The van der Waals surface area contributed by atoms with E-state index in [1.165, 1.54) is 6.20 Å². The number of nitrogens with one attached hydrogen (secondary N) is 1. The molecule has 2 heterocycles. The first-order valence-electron chi connectivity index (χ1n) is 13.5. The van der Waals surface area contributed by atoms with E-state index in [0.717, 1.165) is 35.8 Å². The monoisotopic (exact) mass is 600 g/mol. The van der Waals surface area contributed by atoms with Crippen LogP contribution in [0.15, 0.2) is 36.5 Å². The Hall–Kier alpha value is -2.94. The normalized spacial score (nSPS) is 21.1. The number of hydrogen-bond donors (Lipinski definition) is 1. The van der Waals surface area contributed by atoms with Crippen molar-refractivity contribution < 1.29 is 40.6 Å². The van der Waals surface area contributed by atoms with Crippen LogP contribution in [0.25, 0.3) is 0 Å². The van der Waals surface area contributed by atoms with E-state index in [2.05, 4.69) is 9.88 Å². The second kappa shape index (κ2) is 12.9. The number of pyridine rings is 1. The number of nitrogens with zero attached hydrogens (tertiary/aromatic N) is 3. The zero-order valence-corrected chi connectivity index (χ0v) is 24.0. The summed E-state index contributed by atoms with van der Waals surface area (Å²) in [6.45, 7) is 5.80. The third-order valence-electron chi connectivity index (χ3n) is 7.30. The molecule has 1 aliphatic carbocycles. The number of amides is 1. The van der Waals surface area contributed by atoms with E-state index in [-0.39, 0.29) is 25.3 Å². The summed E-state index contributed by atoms with van der Waals surface area (Å²) in [7, 11) is -2.58. The number of piperazine rings is 1. The van der Waals surface area contributed by atoms with Crippen LogP contribution >= 0.6 is 0 Å². The lowest BCUT2D eigenvalue weighted by molar-refractivity contribution is -0.139. The summed E-state index contributed by atoms with van der Waals surface area (Å²) in [5.41, 5.74) is -1.25. The molecule has 4 rings (SSSR count). The Bertz CT molecular complexity index is 1300. The van der Waals surface area contributed by atoms with E-state index >= 15 is 0 Å². The second-order valence-electron chi connectivity index (χ2n) is 9.98. The fraction of sp³-hybridized carbons (Fsp3) is 0.556. The number of hydrogen-bond acceptors (Lipinski definition) is 8. The van der Waals surface area contributed by atoms with Gasteiger partial charge in [0.15, 0.2) is 0 Å². The molecule has 10 nitrogen and oxygen atoms in total. The highest BCUT2D eigenvalue weighted by molar-refractivity contribution is 7.87. The molecule has 226 valence electrons. The molecule has 41 heavy (non-hydrogen) atoms. The largest absolute Gasteiger partial charge is 0.489 e. The highest BCUT2D eigenvalue weighted by Crippen LogP contribution is 2.39. The van der Waals surface area contributed by atoms with Gasteiger partial charge in [-0.05, 0) is 43.3 Å². The zero-order valence-electron chi connectivity index (χ0n) is 23.2. The minimum atomic E-state index is -4.87. The number of carbonyl (C=O) groups excluding carboxylic acids is 1. The molecule has 1 aromatic heterocycles. The molecule has 1 saturated heterocycles. The van der Waals surface area contributed by atoms with Gasteiger partial charge in [-0.25, -0.2) is 4.72 Å². The average Bonchev–Trinajstić information content (AvgIpc) is 2.93. The number of methoxy groups -OCH3 is 1. The first-order chi connectivity index (χ1) is 19.4. The third kappa shape index (κ3) is 7.67. The number of aromatic nitrogens is 1. The average molecular weight is 601 g/mol. The molecule has 1 amide bonds. The number of carbonyl (C=O) groups is 1. The van der Waals surface area contributed by atoms with Crippen molar-refractivity contribution in [2.75, 3.05) is 39.8 Å². The van der Waals surface area contributed by atoms with Gasteiger partial charge >= 0.3 is 16.4 Å². The molecular formula is C27H35F3N4O6S. The summed E-state index contributed by atoms with van der Waals surface area (Å²) >= 11 is 0. The molecule has 1 aliphatic heterocycles. The molecule has 0 bridgehead atoms. The molecular weight excluding hydrogens is 565 g/mol. The van der Waals surface area contributed by atoms with Gasteiger partial charge in [-0.1, -0.05) is 13.8 Å². The quantitative estimate of drug-likeness (QED) is 0.415. The topological polar surface area (TPSA) is 110 Å². The van der Waals surface area contributed by atoms with Gasteiger partial charge in [0.1, 0.15) is 23.7 Å². The van der Waals surface area contributed by atoms with Crippen LogP contribution in [0, 0.1) is 0 Å². The minimum Gasteiger partial charge on any atom is -0.489 e. The molecule has 1 N–H and O–H groups in total. The Morgan fingerprint density at radius 1 is 1.10 bits per heavy atom. The van der Waals surface area contributed by atoms with E-state index in [4.69, 9.17) is 14.2 Å². The number of alkyl halides is 3. The van der Waals surface area contributed by atoms with Crippen LogP contribution in [0.3, 0.4) is 0 Å². The predicted octanol–water partition coefficient (Wildman–Crippen LogP) is 3.80. The Balaban J connectivity index is 1.45. The lowest BCUT2D eigenvalue weighted by atomic mass is 9.92. The lowest BCUT2D eigenvalue weighted by Crippen LogP contribution is -2.52. The SMILES string of the molecule is CC[C@@H](Oc1ccc(C(=O)NS(=O)(=O)N2CCN(CC)CC2)cc1C(F)(F)F)c1ccc(OC2CC(OC)C2)cn1. The van der Waals surface area contributed by atoms with Crippen molar-refractivity contribution in [3.05, 3.63) is 53.3 Å². The van der Waals surface area contributed by atoms with Crippen molar-refractivity contribution in [1.82, 2.24) is 18.9 Å². The minimum absolute atomic E-state index is 0.0251. The van der Waals surface area contributed by atoms with Gasteiger partial charge in [0.05, 0.1) is 23.6 Å². The maximum Gasteiger partial charge on any atom is 0.419 e. The van der Waals surface area contributed by atoms with Crippen LogP contribution < -0.4 is 14.2 Å². The van der Waals surface area contributed by atoms with Crippen molar-refractivity contribution in [2.24, 2.45) is 0 Å². The maximum absolute atomic E-state index is 14.0. The number of rotatable bonds is 11. The van der Waals surface area contributed by atoms with Crippen LogP contribution in [0.1, 0.15) is 60.8 Å². The summed E-state index contributed by atoms with van der Waals surface area (Å²) in [6.07, 6.45) is -2.12. The van der Waals surface area contributed by atoms with Gasteiger partial charge < -0.3 is 19.1 Å². The van der Waals surface area contributed by atoms with E-state index in [1.807, 2.05) is 11.6 Å². The smallest absolute Gasteiger partial charge is 0.419 e. The van der Waals surface area contributed by atoms with Crippen molar-refractivity contribution in [1.29, 1.82) is 0 Å².